The van der Waals surface area contributed by atoms with Crippen LogP contribution in [0.4, 0.5) is 5.82 Å². The number of carbonyl (C=O) groups excluding carboxylic acids is 1. The van der Waals surface area contributed by atoms with Crippen molar-refractivity contribution in [2.75, 3.05) is 44.3 Å². The summed E-state index contributed by atoms with van der Waals surface area (Å²) in [7, 11) is 0. The highest BCUT2D eigenvalue weighted by Gasteiger charge is 2.17. The zero-order valence-corrected chi connectivity index (χ0v) is 17.8. The van der Waals surface area contributed by atoms with Gasteiger partial charge in [0, 0.05) is 51.0 Å². The van der Waals surface area contributed by atoms with Gasteiger partial charge >= 0.3 is 0 Å². The number of rotatable bonds is 6. The molecule has 30 heavy (non-hydrogen) atoms. The Balaban J connectivity index is 1.29. The van der Waals surface area contributed by atoms with E-state index in [1.54, 1.807) is 0 Å². The van der Waals surface area contributed by atoms with Gasteiger partial charge in [-0.05, 0) is 48.1 Å². The summed E-state index contributed by atoms with van der Waals surface area (Å²) in [6, 6.07) is 12.0. The summed E-state index contributed by atoms with van der Waals surface area (Å²) in [4.78, 5) is 22.0. The molecule has 6 nitrogen and oxygen atoms in total. The van der Waals surface area contributed by atoms with Crippen molar-refractivity contribution in [3.8, 4) is 0 Å². The lowest BCUT2D eigenvalue weighted by molar-refractivity contribution is 0.0342. The van der Waals surface area contributed by atoms with Gasteiger partial charge in [-0.15, -0.1) is 0 Å². The van der Waals surface area contributed by atoms with Crippen LogP contribution in [0.3, 0.4) is 0 Å². The number of anilines is 1. The molecule has 0 bridgehead atoms. The number of nitrogens with one attached hydrogen (secondary N) is 1. The van der Waals surface area contributed by atoms with Gasteiger partial charge in [0.05, 0.1) is 13.2 Å². The smallest absolute Gasteiger partial charge is 0.251 e. The maximum atomic E-state index is 12.6. The lowest BCUT2D eigenvalue weighted by Gasteiger charge is -2.31. The molecule has 1 aromatic heterocycles. The molecular weight excluding hydrogens is 376 g/mol. The van der Waals surface area contributed by atoms with Gasteiger partial charge in [-0.2, -0.15) is 0 Å². The second-order valence-electron chi connectivity index (χ2n) is 8.47. The molecule has 0 atom stereocenters. The molecule has 0 saturated carbocycles. The average molecular weight is 409 g/mol. The van der Waals surface area contributed by atoms with Crippen molar-refractivity contribution < 1.29 is 9.53 Å². The number of morpholine rings is 1. The Morgan fingerprint density at radius 2 is 1.90 bits per heavy atom. The molecule has 0 spiro atoms. The standard InChI is InChI=1S/C24H32N4O2/c1-19-7-9-28(10-8-19)23-6-5-21(16-25-23)17-26-24(29)22-4-2-3-20(15-22)18-27-11-13-30-14-12-27/h2-6,15-16,19H,7-14,17-18H2,1H3,(H,26,29). The van der Waals surface area contributed by atoms with Crippen molar-refractivity contribution in [3.05, 3.63) is 59.3 Å². The number of nitrogens with zero attached hydrogens (tertiary/aromatic N) is 3. The maximum absolute atomic E-state index is 12.6. The molecule has 2 saturated heterocycles. The quantitative estimate of drug-likeness (QED) is 0.796. The van der Waals surface area contributed by atoms with E-state index in [4.69, 9.17) is 4.74 Å². The van der Waals surface area contributed by atoms with Crippen LogP contribution in [0.2, 0.25) is 0 Å². The minimum atomic E-state index is -0.0482. The number of hydrogen-bond acceptors (Lipinski definition) is 5. The van der Waals surface area contributed by atoms with E-state index in [0.717, 1.165) is 68.8 Å². The van der Waals surface area contributed by atoms with Crippen molar-refractivity contribution in [3.63, 3.8) is 0 Å². The van der Waals surface area contributed by atoms with Crippen LogP contribution in [0, 0.1) is 5.92 Å². The summed E-state index contributed by atoms with van der Waals surface area (Å²) in [5.41, 5.74) is 2.88. The second-order valence-corrected chi connectivity index (χ2v) is 8.47. The molecule has 0 unspecified atom stereocenters. The first kappa shape index (κ1) is 20.8. The number of aromatic nitrogens is 1. The molecule has 1 aromatic carbocycles. The number of amides is 1. The highest BCUT2D eigenvalue weighted by atomic mass is 16.5. The number of carbonyl (C=O) groups is 1. The number of hydrogen-bond donors (Lipinski definition) is 1. The number of ether oxygens (including phenoxy) is 1. The van der Waals surface area contributed by atoms with E-state index in [1.165, 1.54) is 12.8 Å². The molecule has 2 aliphatic heterocycles. The van der Waals surface area contributed by atoms with Crippen LogP contribution < -0.4 is 10.2 Å². The first-order chi connectivity index (χ1) is 14.7. The average Bonchev–Trinajstić information content (AvgIpc) is 2.79. The Hall–Kier alpha value is -2.44. The highest BCUT2D eigenvalue weighted by Crippen LogP contribution is 2.21. The van der Waals surface area contributed by atoms with Crippen LogP contribution in [0.1, 0.15) is 41.3 Å². The van der Waals surface area contributed by atoms with Crippen LogP contribution in [0.25, 0.3) is 0 Å². The fourth-order valence-electron chi connectivity index (χ4n) is 4.06. The van der Waals surface area contributed by atoms with Crippen LogP contribution >= 0.6 is 0 Å². The van der Waals surface area contributed by atoms with Crippen molar-refractivity contribution in [1.29, 1.82) is 0 Å². The zero-order chi connectivity index (χ0) is 20.8. The summed E-state index contributed by atoms with van der Waals surface area (Å²) in [5.74, 6) is 1.80. The molecule has 6 heteroatoms. The van der Waals surface area contributed by atoms with E-state index >= 15 is 0 Å². The monoisotopic (exact) mass is 408 g/mol. The third-order valence-electron chi connectivity index (χ3n) is 6.07. The fraction of sp³-hybridized carbons (Fsp3) is 0.500. The topological polar surface area (TPSA) is 57.7 Å². The van der Waals surface area contributed by atoms with E-state index in [2.05, 4.69) is 45.2 Å². The largest absolute Gasteiger partial charge is 0.379 e. The van der Waals surface area contributed by atoms with Crippen molar-refractivity contribution in [1.82, 2.24) is 15.2 Å². The molecule has 0 radical (unpaired) electrons. The Kier molecular flexibility index (Phi) is 6.97. The van der Waals surface area contributed by atoms with Gasteiger partial charge in [-0.1, -0.05) is 25.1 Å². The number of piperidine rings is 1. The van der Waals surface area contributed by atoms with Gasteiger partial charge in [-0.25, -0.2) is 4.98 Å². The SMILES string of the molecule is CC1CCN(c2ccc(CNC(=O)c3cccc(CN4CCOCC4)c3)cn2)CC1. The van der Waals surface area contributed by atoms with Crippen LogP contribution in [-0.4, -0.2) is 55.2 Å². The molecule has 2 aliphatic rings. The van der Waals surface area contributed by atoms with E-state index in [1.807, 2.05) is 24.4 Å². The minimum absolute atomic E-state index is 0.0482. The molecule has 4 rings (SSSR count). The molecule has 160 valence electrons. The fourth-order valence-corrected chi connectivity index (χ4v) is 4.06. The van der Waals surface area contributed by atoms with Gasteiger partial charge in [0.25, 0.3) is 5.91 Å². The maximum Gasteiger partial charge on any atom is 0.251 e. The summed E-state index contributed by atoms with van der Waals surface area (Å²) in [6.07, 6.45) is 4.33. The molecule has 1 N–H and O–H groups in total. The van der Waals surface area contributed by atoms with Gasteiger partial charge in [0.15, 0.2) is 0 Å². The molecule has 3 heterocycles. The Morgan fingerprint density at radius 1 is 1.10 bits per heavy atom. The summed E-state index contributed by atoms with van der Waals surface area (Å²) in [5, 5.41) is 3.02. The zero-order valence-electron chi connectivity index (χ0n) is 17.8. The van der Waals surface area contributed by atoms with Crippen LogP contribution in [0.15, 0.2) is 42.6 Å². The Morgan fingerprint density at radius 3 is 2.63 bits per heavy atom. The number of pyridine rings is 1. The third-order valence-corrected chi connectivity index (χ3v) is 6.07. The highest BCUT2D eigenvalue weighted by molar-refractivity contribution is 5.94. The van der Waals surface area contributed by atoms with Gasteiger partial charge in [-0.3, -0.25) is 9.69 Å². The lowest BCUT2D eigenvalue weighted by atomic mass is 9.99. The van der Waals surface area contributed by atoms with E-state index in [-0.39, 0.29) is 5.91 Å². The van der Waals surface area contributed by atoms with E-state index < -0.39 is 0 Å². The predicted molar refractivity (Wildman–Crippen MR) is 119 cm³/mol. The van der Waals surface area contributed by atoms with Crippen molar-refractivity contribution in [2.45, 2.75) is 32.9 Å². The summed E-state index contributed by atoms with van der Waals surface area (Å²) in [6.45, 7) is 9.24. The van der Waals surface area contributed by atoms with Gasteiger partial charge in [0.1, 0.15) is 5.82 Å². The molecular formula is C24H32N4O2. The predicted octanol–water partition coefficient (Wildman–Crippen LogP) is 3.08. The molecule has 0 aliphatic carbocycles. The van der Waals surface area contributed by atoms with E-state index in [0.29, 0.717) is 12.1 Å². The van der Waals surface area contributed by atoms with Gasteiger partial charge in [0.2, 0.25) is 0 Å². The van der Waals surface area contributed by atoms with E-state index in [9.17, 15) is 4.79 Å². The Labute approximate surface area is 179 Å². The third kappa shape index (κ3) is 5.58. The first-order valence-electron chi connectivity index (χ1n) is 11.0. The summed E-state index contributed by atoms with van der Waals surface area (Å²) < 4.78 is 5.41. The van der Waals surface area contributed by atoms with Crippen molar-refractivity contribution in [2.24, 2.45) is 5.92 Å². The van der Waals surface area contributed by atoms with Crippen molar-refractivity contribution >= 4 is 11.7 Å². The number of benzene rings is 1. The van der Waals surface area contributed by atoms with Gasteiger partial charge < -0.3 is 15.0 Å². The minimum Gasteiger partial charge on any atom is -0.379 e. The Bertz CT molecular complexity index is 825. The molecule has 2 fully saturated rings. The first-order valence-corrected chi connectivity index (χ1v) is 11.0. The second kappa shape index (κ2) is 10.0. The van der Waals surface area contributed by atoms with Crippen LogP contribution in [0.5, 0.6) is 0 Å². The van der Waals surface area contributed by atoms with Crippen LogP contribution in [-0.2, 0) is 17.8 Å². The molecule has 1 amide bonds. The normalized spacial score (nSPS) is 18.4. The lowest BCUT2D eigenvalue weighted by Crippen LogP contribution is -2.35. The molecule has 2 aromatic rings. The summed E-state index contributed by atoms with van der Waals surface area (Å²) >= 11 is 0.